The summed E-state index contributed by atoms with van der Waals surface area (Å²) in [5, 5.41) is 17.7. The second-order valence-corrected chi connectivity index (χ2v) is 6.73. The number of fused-ring (bicyclic) bond motifs is 1. The maximum atomic E-state index is 10.8. The third kappa shape index (κ3) is 5.92. The van der Waals surface area contributed by atoms with Crippen LogP contribution in [0, 0.1) is 10.1 Å². The summed E-state index contributed by atoms with van der Waals surface area (Å²) in [6, 6.07) is 14.6. The molecule has 8 heteroatoms. The van der Waals surface area contributed by atoms with Crippen molar-refractivity contribution in [3.8, 4) is 5.75 Å². The summed E-state index contributed by atoms with van der Waals surface area (Å²) in [6.45, 7) is 2.46. The van der Waals surface area contributed by atoms with Gasteiger partial charge in [0, 0.05) is 44.4 Å². The maximum Gasteiger partial charge on any atom is 0.269 e. The van der Waals surface area contributed by atoms with Crippen LogP contribution >= 0.6 is 0 Å². The molecule has 0 bridgehead atoms. The zero-order valence-corrected chi connectivity index (χ0v) is 16.5. The van der Waals surface area contributed by atoms with Crippen molar-refractivity contribution < 1.29 is 14.4 Å². The molecular formula is C21H26N4O4. The Hall–Kier alpha value is -3.13. The van der Waals surface area contributed by atoms with E-state index in [9.17, 15) is 10.1 Å². The van der Waals surface area contributed by atoms with Gasteiger partial charge in [0.05, 0.1) is 24.1 Å². The normalized spacial score (nSPS) is 15.9. The number of methoxy groups -OCH3 is 1. The summed E-state index contributed by atoms with van der Waals surface area (Å²) in [6.07, 6.45) is 1.70. The monoisotopic (exact) mass is 398 g/mol. The Labute approximate surface area is 170 Å². The lowest BCUT2D eigenvalue weighted by atomic mass is 10.0. The van der Waals surface area contributed by atoms with E-state index in [-0.39, 0.29) is 11.7 Å². The molecule has 2 aromatic rings. The Balaban J connectivity index is 1.70. The lowest BCUT2D eigenvalue weighted by Crippen LogP contribution is -2.41. The zero-order valence-electron chi connectivity index (χ0n) is 16.5. The van der Waals surface area contributed by atoms with E-state index in [0.29, 0.717) is 25.7 Å². The molecule has 0 aromatic heterocycles. The van der Waals surface area contributed by atoms with Gasteiger partial charge in [-0.05, 0) is 18.1 Å². The molecule has 1 atom stereocenters. The van der Waals surface area contributed by atoms with Crippen molar-refractivity contribution >= 4 is 11.6 Å². The Kier molecular flexibility index (Phi) is 7.40. The van der Waals surface area contributed by atoms with Crippen LogP contribution in [-0.2, 0) is 11.3 Å². The van der Waals surface area contributed by atoms with E-state index in [4.69, 9.17) is 9.47 Å². The van der Waals surface area contributed by atoms with Gasteiger partial charge in [-0.2, -0.15) is 0 Å². The summed E-state index contributed by atoms with van der Waals surface area (Å²) in [5.74, 6) is 1.59. The molecule has 1 heterocycles. The van der Waals surface area contributed by atoms with Gasteiger partial charge in [-0.1, -0.05) is 30.3 Å². The van der Waals surface area contributed by atoms with Gasteiger partial charge in [-0.3, -0.25) is 10.1 Å². The molecular weight excluding hydrogens is 372 g/mol. The molecule has 0 fully saturated rings. The first kappa shape index (κ1) is 20.6. The number of aliphatic imine (C=N–C) groups is 1. The molecule has 1 aliphatic rings. The third-order valence-electron chi connectivity index (χ3n) is 4.65. The summed E-state index contributed by atoms with van der Waals surface area (Å²) in [5.41, 5.74) is 2.09. The maximum absolute atomic E-state index is 10.8. The van der Waals surface area contributed by atoms with E-state index in [2.05, 4.69) is 21.7 Å². The molecule has 0 saturated heterocycles. The largest absolute Gasteiger partial charge is 0.493 e. The van der Waals surface area contributed by atoms with E-state index >= 15 is 0 Å². The second-order valence-electron chi connectivity index (χ2n) is 6.73. The molecule has 154 valence electrons. The fourth-order valence-electron chi connectivity index (χ4n) is 3.13. The first-order valence-corrected chi connectivity index (χ1v) is 9.66. The number of nitrogens with one attached hydrogen (secondary N) is 2. The molecule has 29 heavy (non-hydrogen) atoms. The van der Waals surface area contributed by atoms with Crippen LogP contribution in [-0.4, -0.2) is 37.8 Å². The Morgan fingerprint density at radius 1 is 1.28 bits per heavy atom. The van der Waals surface area contributed by atoms with Gasteiger partial charge >= 0.3 is 0 Å². The number of guanidine groups is 1. The molecule has 0 spiro atoms. The Bertz CT molecular complexity index is 839. The van der Waals surface area contributed by atoms with Crippen molar-refractivity contribution in [3.05, 3.63) is 69.8 Å². The van der Waals surface area contributed by atoms with E-state index in [1.807, 2.05) is 18.2 Å². The smallest absolute Gasteiger partial charge is 0.269 e. The number of non-ortho nitro benzene ring substituents is 1. The van der Waals surface area contributed by atoms with E-state index in [0.717, 1.165) is 36.3 Å². The van der Waals surface area contributed by atoms with Gasteiger partial charge in [0.1, 0.15) is 5.75 Å². The third-order valence-corrected chi connectivity index (χ3v) is 4.65. The number of ether oxygens (including phenoxy) is 2. The average molecular weight is 398 g/mol. The number of nitrogens with zero attached hydrogens (tertiary/aromatic N) is 2. The zero-order chi connectivity index (χ0) is 20.5. The van der Waals surface area contributed by atoms with Gasteiger partial charge in [0.15, 0.2) is 5.96 Å². The highest BCUT2D eigenvalue weighted by molar-refractivity contribution is 5.80. The van der Waals surface area contributed by atoms with Gasteiger partial charge in [-0.25, -0.2) is 4.99 Å². The van der Waals surface area contributed by atoms with Crippen LogP contribution in [0.2, 0.25) is 0 Å². The lowest BCUT2D eigenvalue weighted by Gasteiger charge is -2.28. The van der Waals surface area contributed by atoms with Crippen molar-refractivity contribution in [2.75, 3.05) is 26.9 Å². The minimum Gasteiger partial charge on any atom is -0.493 e. The molecule has 8 nitrogen and oxygen atoms in total. The van der Waals surface area contributed by atoms with Crippen LogP contribution < -0.4 is 15.4 Å². The van der Waals surface area contributed by atoms with Crippen LogP contribution in [0.15, 0.2) is 53.5 Å². The first-order chi connectivity index (χ1) is 14.2. The number of rotatable bonds is 8. The minimum atomic E-state index is -0.403. The number of hydrogen-bond acceptors (Lipinski definition) is 5. The van der Waals surface area contributed by atoms with Crippen LogP contribution in [0.3, 0.4) is 0 Å². The highest BCUT2D eigenvalue weighted by Gasteiger charge is 2.21. The summed E-state index contributed by atoms with van der Waals surface area (Å²) >= 11 is 0. The number of para-hydroxylation sites is 1. The molecule has 2 N–H and O–H groups in total. The van der Waals surface area contributed by atoms with Crippen LogP contribution in [0.1, 0.15) is 30.0 Å². The predicted octanol–water partition coefficient (Wildman–Crippen LogP) is 3.19. The summed E-state index contributed by atoms with van der Waals surface area (Å²) < 4.78 is 10.8. The number of benzene rings is 2. The van der Waals surface area contributed by atoms with Gasteiger partial charge in [0.25, 0.3) is 5.69 Å². The predicted molar refractivity (Wildman–Crippen MR) is 111 cm³/mol. The second kappa shape index (κ2) is 10.4. The minimum absolute atomic E-state index is 0.0765. The van der Waals surface area contributed by atoms with Crippen LogP contribution in [0.25, 0.3) is 0 Å². The van der Waals surface area contributed by atoms with E-state index in [1.54, 1.807) is 19.2 Å². The van der Waals surface area contributed by atoms with Gasteiger partial charge in [0.2, 0.25) is 0 Å². The molecule has 0 aliphatic carbocycles. The molecule has 1 aliphatic heterocycles. The van der Waals surface area contributed by atoms with Crippen molar-refractivity contribution in [1.82, 2.24) is 10.6 Å². The number of nitro benzene ring substituents is 1. The van der Waals surface area contributed by atoms with E-state index < -0.39 is 4.92 Å². The summed E-state index contributed by atoms with van der Waals surface area (Å²) in [4.78, 5) is 15.1. The molecule has 2 aromatic carbocycles. The Morgan fingerprint density at radius 2 is 2.07 bits per heavy atom. The van der Waals surface area contributed by atoms with Crippen LogP contribution in [0.4, 0.5) is 5.69 Å². The Morgan fingerprint density at radius 3 is 2.83 bits per heavy atom. The highest BCUT2D eigenvalue weighted by atomic mass is 16.6. The van der Waals surface area contributed by atoms with Crippen molar-refractivity contribution in [1.29, 1.82) is 0 Å². The molecule has 3 rings (SSSR count). The molecule has 0 radical (unpaired) electrons. The number of hydrogen-bond donors (Lipinski definition) is 2. The fourth-order valence-corrected chi connectivity index (χ4v) is 3.13. The highest BCUT2D eigenvalue weighted by Crippen LogP contribution is 2.31. The van der Waals surface area contributed by atoms with Crippen molar-refractivity contribution in [2.45, 2.75) is 25.4 Å². The quantitative estimate of drug-likeness (QED) is 0.233. The van der Waals surface area contributed by atoms with Gasteiger partial charge < -0.3 is 20.1 Å². The topological polar surface area (TPSA) is 98.0 Å². The van der Waals surface area contributed by atoms with Crippen molar-refractivity contribution in [3.63, 3.8) is 0 Å². The summed E-state index contributed by atoms with van der Waals surface area (Å²) in [7, 11) is 1.68. The first-order valence-electron chi connectivity index (χ1n) is 9.66. The fraction of sp³-hybridized carbons (Fsp3) is 0.381. The number of nitro groups is 1. The van der Waals surface area contributed by atoms with Crippen LogP contribution in [0.5, 0.6) is 5.75 Å². The molecule has 1 unspecified atom stereocenters. The van der Waals surface area contributed by atoms with Gasteiger partial charge in [-0.15, -0.1) is 0 Å². The van der Waals surface area contributed by atoms with Crippen molar-refractivity contribution in [2.24, 2.45) is 4.99 Å². The lowest BCUT2D eigenvalue weighted by molar-refractivity contribution is -0.384. The standard InChI is InChI=1S/C21H26N4O4/c1-28-13-4-12-22-21(23-15-16-7-9-17(10-8-16)25(26)27)24-19-11-14-29-20-6-3-2-5-18(19)20/h2-3,5-10,19H,4,11-15H2,1H3,(H2,22,23,24). The van der Waals surface area contributed by atoms with E-state index in [1.165, 1.54) is 12.1 Å². The SMILES string of the molecule is COCCCNC(=NCc1ccc([N+](=O)[O-])cc1)NC1CCOc2ccccc21. The average Bonchev–Trinajstić information content (AvgIpc) is 2.75. The molecule has 0 amide bonds. The molecule has 0 saturated carbocycles.